The van der Waals surface area contributed by atoms with Gasteiger partial charge in [0.2, 0.25) is 0 Å². The van der Waals surface area contributed by atoms with Gasteiger partial charge in [-0.1, -0.05) is 5.16 Å². The van der Waals surface area contributed by atoms with Gasteiger partial charge < -0.3 is 14.0 Å². The van der Waals surface area contributed by atoms with E-state index in [1.807, 2.05) is 29.1 Å². The number of methoxy groups -OCH3 is 1. The smallest absolute Gasteiger partial charge is 0.192 e. The molecule has 2 aromatic heterocycles. The Kier molecular flexibility index (Phi) is 5.60. The highest BCUT2D eigenvalue weighted by atomic mass is 32.2. The standard InChI is InChI=1S/C20H26N4O4S/c1-20(2)7-4-6-15(27-20)13-29(25)23-19-18-16(26-3)10-14(11-17(18)28-22-19)12-24-9-5-8-21-24/h5,8-11,15H,4,6-7,12-13H2,1-3H3,(H,22,23). The Morgan fingerprint density at radius 3 is 3.00 bits per heavy atom. The van der Waals surface area contributed by atoms with Gasteiger partial charge in [0.25, 0.3) is 0 Å². The second-order valence-corrected chi connectivity index (χ2v) is 9.14. The van der Waals surface area contributed by atoms with E-state index in [2.05, 4.69) is 28.8 Å². The van der Waals surface area contributed by atoms with Crippen LogP contribution in [0, 0.1) is 0 Å². The summed E-state index contributed by atoms with van der Waals surface area (Å²) in [4.78, 5) is 0. The van der Waals surface area contributed by atoms with Crippen molar-refractivity contribution in [3.63, 3.8) is 0 Å². The molecule has 1 saturated heterocycles. The summed E-state index contributed by atoms with van der Waals surface area (Å²) >= 11 is 0. The van der Waals surface area contributed by atoms with E-state index in [9.17, 15) is 4.21 Å². The number of nitrogens with one attached hydrogen (secondary N) is 1. The van der Waals surface area contributed by atoms with Gasteiger partial charge in [0.05, 0.1) is 31.1 Å². The first-order valence-electron chi connectivity index (χ1n) is 9.70. The minimum atomic E-state index is -1.35. The van der Waals surface area contributed by atoms with Gasteiger partial charge in [-0.05, 0) is 56.9 Å². The fourth-order valence-corrected chi connectivity index (χ4v) is 4.76. The molecule has 2 unspecified atom stereocenters. The summed E-state index contributed by atoms with van der Waals surface area (Å²) in [5, 5.41) is 8.98. The fraction of sp³-hybridized carbons (Fsp3) is 0.500. The van der Waals surface area contributed by atoms with Crippen LogP contribution in [0.2, 0.25) is 0 Å². The summed E-state index contributed by atoms with van der Waals surface area (Å²) in [5.41, 5.74) is 1.38. The third-order valence-electron chi connectivity index (χ3n) is 5.06. The molecule has 156 valence electrons. The van der Waals surface area contributed by atoms with Crippen LogP contribution in [0.4, 0.5) is 5.82 Å². The Morgan fingerprint density at radius 1 is 1.41 bits per heavy atom. The molecule has 0 amide bonds. The molecular formula is C20H26N4O4S. The van der Waals surface area contributed by atoms with Crippen molar-refractivity contribution in [2.24, 2.45) is 0 Å². The number of fused-ring (bicyclic) bond motifs is 1. The van der Waals surface area contributed by atoms with Crippen LogP contribution in [0.15, 0.2) is 35.1 Å². The zero-order valence-electron chi connectivity index (χ0n) is 16.9. The molecule has 0 radical (unpaired) electrons. The van der Waals surface area contributed by atoms with E-state index >= 15 is 0 Å². The van der Waals surface area contributed by atoms with Gasteiger partial charge in [-0.15, -0.1) is 0 Å². The van der Waals surface area contributed by atoms with Crippen molar-refractivity contribution < 1.29 is 18.2 Å². The molecule has 9 heteroatoms. The summed E-state index contributed by atoms with van der Waals surface area (Å²) in [6.07, 6.45) is 6.61. The molecule has 3 aromatic rings. The van der Waals surface area contributed by atoms with Crippen molar-refractivity contribution in [2.75, 3.05) is 17.6 Å². The summed E-state index contributed by atoms with van der Waals surface area (Å²) in [6.45, 7) is 4.74. The first-order chi connectivity index (χ1) is 13.9. The first kappa shape index (κ1) is 19.9. The third kappa shape index (κ3) is 4.62. The number of anilines is 1. The van der Waals surface area contributed by atoms with E-state index in [-0.39, 0.29) is 11.7 Å². The fourth-order valence-electron chi connectivity index (χ4n) is 3.75. The van der Waals surface area contributed by atoms with Crippen LogP contribution >= 0.6 is 0 Å². The van der Waals surface area contributed by atoms with E-state index in [1.54, 1.807) is 13.3 Å². The summed E-state index contributed by atoms with van der Waals surface area (Å²) in [5.74, 6) is 1.42. The number of nitrogens with zero attached hydrogens (tertiary/aromatic N) is 3. The van der Waals surface area contributed by atoms with Gasteiger partial charge in [0.15, 0.2) is 11.4 Å². The number of hydrogen-bond acceptors (Lipinski definition) is 6. The SMILES string of the molecule is COc1cc(Cn2cccn2)cc2onc(NS(=O)CC3CCCC(C)(C)O3)c12. The van der Waals surface area contributed by atoms with Gasteiger partial charge in [0.1, 0.15) is 22.1 Å². The maximum atomic E-state index is 12.7. The zero-order chi connectivity index (χ0) is 20.4. The molecule has 0 saturated carbocycles. The van der Waals surface area contributed by atoms with E-state index < -0.39 is 11.0 Å². The maximum absolute atomic E-state index is 12.7. The average molecular weight is 419 g/mol. The maximum Gasteiger partial charge on any atom is 0.192 e. The van der Waals surface area contributed by atoms with Gasteiger partial charge in [0, 0.05) is 12.4 Å². The van der Waals surface area contributed by atoms with Crippen molar-refractivity contribution >= 4 is 27.8 Å². The van der Waals surface area contributed by atoms with Gasteiger partial charge in [-0.3, -0.25) is 9.40 Å². The Balaban J connectivity index is 1.51. The van der Waals surface area contributed by atoms with E-state index in [4.69, 9.17) is 14.0 Å². The number of hydrogen-bond donors (Lipinski definition) is 1. The van der Waals surface area contributed by atoms with Crippen LogP contribution in [-0.4, -0.2) is 43.7 Å². The minimum absolute atomic E-state index is 0.0344. The third-order valence-corrected chi connectivity index (χ3v) is 6.16. The van der Waals surface area contributed by atoms with Gasteiger partial charge >= 0.3 is 0 Å². The van der Waals surface area contributed by atoms with Crippen molar-refractivity contribution in [2.45, 2.75) is 51.4 Å². The Labute approximate surface area is 172 Å². The lowest BCUT2D eigenvalue weighted by molar-refractivity contribution is -0.0961. The van der Waals surface area contributed by atoms with Gasteiger partial charge in [-0.25, -0.2) is 4.21 Å². The molecule has 0 bridgehead atoms. The highest BCUT2D eigenvalue weighted by Gasteiger charge is 2.30. The zero-order valence-corrected chi connectivity index (χ0v) is 17.7. The molecule has 1 N–H and O–H groups in total. The number of benzene rings is 1. The number of aromatic nitrogens is 3. The first-order valence-corrected chi connectivity index (χ1v) is 11.0. The predicted molar refractivity (Wildman–Crippen MR) is 111 cm³/mol. The van der Waals surface area contributed by atoms with Crippen LogP contribution in [0.1, 0.15) is 38.7 Å². The van der Waals surface area contributed by atoms with Gasteiger partial charge in [-0.2, -0.15) is 5.10 Å². The Bertz CT molecular complexity index is 1000. The normalized spacial score (nSPS) is 19.9. The molecule has 1 aliphatic heterocycles. The van der Waals surface area contributed by atoms with Crippen LogP contribution < -0.4 is 9.46 Å². The Morgan fingerprint density at radius 2 is 2.28 bits per heavy atom. The lowest BCUT2D eigenvalue weighted by Crippen LogP contribution is -2.38. The number of ether oxygens (including phenoxy) is 2. The molecule has 1 fully saturated rings. The molecule has 8 nitrogen and oxygen atoms in total. The Hall–Kier alpha value is -2.39. The second kappa shape index (κ2) is 8.16. The highest BCUT2D eigenvalue weighted by molar-refractivity contribution is 7.86. The minimum Gasteiger partial charge on any atom is -0.496 e. The van der Waals surface area contributed by atoms with Crippen LogP contribution in [0.5, 0.6) is 5.75 Å². The molecule has 29 heavy (non-hydrogen) atoms. The van der Waals surface area contributed by atoms with Crippen molar-refractivity contribution in [1.82, 2.24) is 14.9 Å². The average Bonchev–Trinajstić information content (AvgIpc) is 3.30. The topological polar surface area (TPSA) is 91.4 Å². The van der Waals surface area contributed by atoms with Crippen molar-refractivity contribution in [3.8, 4) is 5.75 Å². The van der Waals surface area contributed by atoms with Crippen molar-refractivity contribution in [1.29, 1.82) is 0 Å². The largest absolute Gasteiger partial charge is 0.496 e. The summed E-state index contributed by atoms with van der Waals surface area (Å²) < 4.78 is 34.6. The predicted octanol–water partition coefficient (Wildman–Crippen LogP) is 3.50. The van der Waals surface area contributed by atoms with E-state index in [0.29, 0.717) is 34.8 Å². The summed E-state index contributed by atoms with van der Waals surface area (Å²) in [6, 6.07) is 5.69. The molecule has 1 aliphatic rings. The molecular weight excluding hydrogens is 392 g/mol. The van der Waals surface area contributed by atoms with E-state index in [0.717, 1.165) is 24.8 Å². The molecule has 0 aliphatic carbocycles. The lowest BCUT2D eigenvalue weighted by Gasteiger charge is -2.35. The van der Waals surface area contributed by atoms with Crippen LogP contribution in [0.25, 0.3) is 11.0 Å². The van der Waals surface area contributed by atoms with E-state index in [1.165, 1.54) is 0 Å². The molecule has 2 atom stereocenters. The van der Waals surface area contributed by atoms with Crippen molar-refractivity contribution in [3.05, 3.63) is 36.2 Å². The molecule has 4 rings (SSSR count). The highest BCUT2D eigenvalue weighted by Crippen LogP contribution is 2.34. The molecule has 3 heterocycles. The molecule has 0 spiro atoms. The monoisotopic (exact) mass is 418 g/mol. The van der Waals surface area contributed by atoms with Crippen LogP contribution in [0.3, 0.4) is 0 Å². The van der Waals surface area contributed by atoms with Crippen LogP contribution in [-0.2, 0) is 22.3 Å². The summed E-state index contributed by atoms with van der Waals surface area (Å²) in [7, 11) is 0.250. The second-order valence-electron chi connectivity index (χ2n) is 7.91. The lowest BCUT2D eigenvalue weighted by atomic mass is 9.96. The number of rotatable bonds is 7. The molecule has 1 aromatic carbocycles. The quantitative estimate of drug-likeness (QED) is 0.631.